The quantitative estimate of drug-likeness (QED) is 0.182. The lowest BCUT2D eigenvalue weighted by Crippen LogP contribution is -2.45. The Bertz CT molecular complexity index is 1390. The van der Waals surface area contributed by atoms with Gasteiger partial charge in [-0.2, -0.15) is 13.2 Å². The summed E-state index contributed by atoms with van der Waals surface area (Å²) in [5, 5.41) is 2.57. The first-order valence-corrected chi connectivity index (χ1v) is 14.1. The summed E-state index contributed by atoms with van der Waals surface area (Å²) in [6, 6.07) is 16.1. The number of hydrogen-bond acceptors (Lipinski definition) is 5. The monoisotopic (exact) mass is 696 g/mol. The molecule has 0 aliphatic rings. The van der Waals surface area contributed by atoms with E-state index in [4.69, 9.17) is 9.47 Å². The van der Waals surface area contributed by atoms with Crippen LogP contribution in [0.1, 0.15) is 47.8 Å². The van der Waals surface area contributed by atoms with Gasteiger partial charge in [0.05, 0.1) is 31.3 Å². The molecule has 3 rings (SSSR count). The normalized spacial score (nSPS) is 12.4. The van der Waals surface area contributed by atoms with E-state index in [0.717, 1.165) is 15.2 Å². The highest BCUT2D eigenvalue weighted by atomic mass is 127. The highest BCUT2D eigenvalue weighted by Crippen LogP contribution is 2.34. The molecule has 3 aromatic rings. The fraction of sp³-hybridized carbons (Fsp3) is 0.323. The van der Waals surface area contributed by atoms with E-state index >= 15 is 0 Å². The van der Waals surface area contributed by atoms with Crippen molar-refractivity contribution < 1.29 is 37.0 Å². The molecule has 0 fully saturated rings. The second-order valence-corrected chi connectivity index (χ2v) is 11.8. The van der Waals surface area contributed by atoms with Crippen molar-refractivity contribution in [3.63, 3.8) is 0 Å². The van der Waals surface area contributed by atoms with Gasteiger partial charge in [0.15, 0.2) is 0 Å². The van der Waals surface area contributed by atoms with Gasteiger partial charge in [0.2, 0.25) is 5.91 Å². The number of benzene rings is 3. The van der Waals surface area contributed by atoms with E-state index < -0.39 is 41.6 Å². The summed E-state index contributed by atoms with van der Waals surface area (Å²) in [7, 11) is 1.26. The number of aldehydes is 1. The van der Waals surface area contributed by atoms with Gasteiger partial charge in [-0.25, -0.2) is 0 Å². The van der Waals surface area contributed by atoms with Gasteiger partial charge in [-0.15, -0.1) is 0 Å². The number of rotatable bonds is 11. The molecule has 0 aliphatic heterocycles. The summed E-state index contributed by atoms with van der Waals surface area (Å²) in [4.78, 5) is 39.7. The van der Waals surface area contributed by atoms with Gasteiger partial charge in [0.1, 0.15) is 18.1 Å². The second kappa shape index (κ2) is 14.1. The van der Waals surface area contributed by atoms with Gasteiger partial charge in [-0.05, 0) is 103 Å². The van der Waals surface area contributed by atoms with Crippen LogP contribution in [0.25, 0.3) is 0 Å². The number of nitrogens with one attached hydrogen (secondary N) is 1. The Kier molecular flexibility index (Phi) is 11.1. The van der Waals surface area contributed by atoms with Crippen LogP contribution in [0.2, 0.25) is 0 Å². The third-order valence-corrected chi connectivity index (χ3v) is 6.88. The van der Waals surface area contributed by atoms with Crippen molar-refractivity contribution in [3.05, 3.63) is 92.6 Å². The molecule has 0 saturated heterocycles. The molecule has 0 aromatic heterocycles. The van der Waals surface area contributed by atoms with Gasteiger partial charge in [-0.1, -0.05) is 18.2 Å². The Morgan fingerprint density at radius 2 is 1.64 bits per heavy atom. The molecule has 0 bridgehead atoms. The average molecular weight is 697 g/mol. The number of anilines is 1. The molecule has 224 valence electrons. The van der Waals surface area contributed by atoms with E-state index in [9.17, 15) is 27.6 Å². The number of halogens is 4. The third-order valence-electron chi connectivity index (χ3n) is 6.16. The molecule has 0 radical (unpaired) electrons. The maximum Gasteiger partial charge on any atom is 0.416 e. The molecule has 1 N–H and O–H groups in total. The molecule has 2 amide bonds. The summed E-state index contributed by atoms with van der Waals surface area (Å²) < 4.78 is 52.3. The van der Waals surface area contributed by atoms with Gasteiger partial charge in [-0.3, -0.25) is 9.59 Å². The molecular weight excluding hydrogens is 664 g/mol. The molecule has 11 heteroatoms. The third kappa shape index (κ3) is 9.55. The van der Waals surface area contributed by atoms with Crippen molar-refractivity contribution in [1.82, 2.24) is 4.90 Å². The molecule has 7 nitrogen and oxygen atoms in total. The molecule has 0 aliphatic carbocycles. The van der Waals surface area contributed by atoms with Crippen LogP contribution in [0, 0.1) is 3.57 Å². The fourth-order valence-electron chi connectivity index (χ4n) is 4.00. The number of nitrogens with zero attached hydrogens (tertiary/aromatic N) is 1. The minimum Gasteiger partial charge on any atom is -0.497 e. The molecule has 0 heterocycles. The predicted octanol–water partition coefficient (Wildman–Crippen LogP) is 6.52. The van der Waals surface area contributed by atoms with E-state index in [1.54, 1.807) is 0 Å². The van der Waals surface area contributed by atoms with Crippen LogP contribution in [0.5, 0.6) is 5.75 Å². The van der Waals surface area contributed by atoms with E-state index in [2.05, 4.69) is 27.9 Å². The van der Waals surface area contributed by atoms with Gasteiger partial charge in [0, 0.05) is 21.4 Å². The zero-order chi connectivity index (χ0) is 31.1. The van der Waals surface area contributed by atoms with Crippen molar-refractivity contribution in [3.8, 4) is 5.75 Å². The summed E-state index contributed by atoms with van der Waals surface area (Å²) in [6.45, 7) is 5.72. The molecule has 0 saturated carbocycles. The van der Waals surface area contributed by atoms with E-state index in [0.29, 0.717) is 12.0 Å². The highest BCUT2D eigenvalue weighted by molar-refractivity contribution is 14.1. The number of hydrogen-bond donors (Lipinski definition) is 1. The number of carbonyl (C=O) groups is 3. The van der Waals surface area contributed by atoms with Crippen LogP contribution in [-0.4, -0.2) is 48.4 Å². The lowest BCUT2D eigenvalue weighted by molar-refractivity contribution is -0.138. The van der Waals surface area contributed by atoms with Crippen molar-refractivity contribution >= 4 is 46.4 Å². The Morgan fingerprint density at radius 3 is 2.19 bits per heavy atom. The molecular formula is C31H32F3IN2O5. The lowest BCUT2D eigenvalue weighted by atomic mass is 10.0. The van der Waals surface area contributed by atoms with Crippen molar-refractivity contribution in [2.45, 2.75) is 51.6 Å². The SMILES string of the molecule is COc1ccc(CC(=O)Nc2ccc(C(=O)N(Cc3ccc(I)cc3)C(C=O)COC(C)(C)C)cc2)c(C(F)(F)F)c1. The number of amides is 2. The van der Waals surface area contributed by atoms with E-state index in [1.165, 1.54) is 48.4 Å². The van der Waals surface area contributed by atoms with Crippen LogP contribution in [0.15, 0.2) is 66.7 Å². The van der Waals surface area contributed by atoms with Crippen molar-refractivity contribution in [2.24, 2.45) is 0 Å². The molecule has 42 heavy (non-hydrogen) atoms. The minimum absolute atomic E-state index is 0.00250. The van der Waals surface area contributed by atoms with Gasteiger partial charge >= 0.3 is 6.18 Å². The summed E-state index contributed by atoms with van der Waals surface area (Å²) in [6.07, 6.45) is -4.50. The predicted molar refractivity (Wildman–Crippen MR) is 161 cm³/mol. The van der Waals surface area contributed by atoms with E-state index in [-0.39, 0.29) is 30.0 Å². The number of methoxy groups -OCH3 is 1. The van der Waals surface area contributed by atoms with Crippen molar-refractivity contribution in [1.29, 1.82) is 0 Å². The average Bonchev–Trinajstić information content (AvgIpc) is 2.92. The largest absolute Gasteiger partial charge is 0.497 e. The topological polar surface area (TPSA) is 84.9 Å². The Labute approximate surface area is 256 Å². The van der Waals surface area contributed by atoms with Crippen LogP contribution < -0.4 is 10.1 Å². The summed E-state index contributed by atoms with van der Waals surface area (Å²) in [5.74, 6) is -1.05. The Balaban J connectivity index is 1.78. The van der Waals surface area contributed by atoms with Crippen LogP contribution in [0.3, 0.4) is 0 Å². The standard InChI is InChI=1S/C31H32F3IN2O5/c1-30(2,3)42-19-25(18-38)37(17-20-5-10-23(35)11-6-20)29(40)21-7-12-24(13-8-21)36-28(39)15-22-9-14-26(41-4)16-27(22)31(32,33)34/h5-14,16,18,25H,15,17,19H2,1-4H3,(H,36,39). The van der Waals surface area contributed by atoms with Gasteiger partial charge < -0.3 is 24.5 Å². The number of carbonyl (C=O) groups excluding carboxylic acids is 3. The van der Waals surface area contributed by atoms with E-state index in [1.807, 2.05) is 45.0 Å². The molecule has 1 atom stereocenters. The second-order valence-electron chi connectivity index (χ2n) is 10.5. The van der Waals surface area contributed by atoms with Crippen LogP contribution in [-0.2, 0) is 33.5 Å². The first-order chi connectivity index (χ1) is 19.7. The zero-order valence-corrected chi connectivity index (χ0v) is 25.8. The maximum absolute atomic E-state index is 13.6. The molecule has 1 unspecified atom stereocenters. The summed E-state index contributed by atoms with van der Waals surface area (Å²) in [5.41, 5.74) is -0.290. The molecule has 0 spiro atoms. The molecule has 3 aromatic carbocycles. The van der Waals surface area contributed by atoms with Crippen molar-refractivity contribution in [2.75, 3.05) is 19.0 Å². The Morgan fingerprint density at radius 1 is 1.00 bits per heavy atom. The van der Waals surface area contributed by atoms with Crippen LogP contribution in [0.4, 0.5) is 18.9 Å². The smallest absolute Gasteiger partial charge is 0.416 e. The first kappa shape index (κ1) is 33.1. The van der Waals surface area contributed by atoms with Gasteiger partial charge in [0.25, 0.3) is 5.91 Å². The summed E-state index contributed by atoms with van der Waals surface area (Å²) >= 11 is 2.18. The number of alkyl halides is 3. The zero-order valence-electron chi connectivity index (χ0n) is 23.6. The highest BCUT2D eigenvalue weighted by Gasteiger charge is 2.34. The van der Waals surface area contributed by atoms with Crippen LogP contribution >= 0.6 is 22.6 Å². The Hall–Kier alpha value is -3.45. The lowest BCUT2D eigenvalue weighted by Gasteiger charge is -2.31. The first-order valence-electron chi connectivity index (χ1n) is 13.0. The fourth-order valence-corrected chi connectivity index (χ4v) is 4.36. The minimum atomic E-state index is -4.66. The maximum atomic E-state index is 13.6. The number of ether oxygens (including phenoxy) is 2.